The van der Waals surface area contributed by atoms with Gasteiger partial charge in [0.2, 0.25) is 0 Å². The Bertz CT molecular complexity index is 1820. The fourth-order valence-electron chi connectivity index (χ4n) is 7.03. The number of hydrogen-bond acceptors (Lipinski definition) is 10. The average Bonchev–Trinajstić information content (AvgIpc) is 3.57. The van der Waals surface area contributed by atoms with Crippen LogP contribution in [0.3, 0.4) is 0 Å². The molecule has 0 aromatic heterocycles. The van der Waals surface area contributed by atoms with Crippen molar-refractivity contribution in [2.45, 2.75) is 100.0 Å². The second-order valence-corrected chi connectivity index (χ2v) is 17.8. The van der Waals surface area contributed by atoms with Gasteiger partial charge in [0.05, 0.1) is 9.82 Å². The molecule has 0 unspecified atom stereocenters. The molecule has 2 fully saturated rings. The number of nitrogens with zero attached hydrogens (tertiary/aromatic N) is 2. The maximum Gasteiger partial charge on any atom is 0.407 e. The molecule has 2 amide bonds. The fourth-order valence-corrected chi connectivity index (χ4v) is 9.02. The van der Waals surface area contributed by atoms with Crippen LogP contribution in [-0.2, 0) is 14.8 Å². The van der Waals surface area contributed by atoms with E-state index in [2.05, 4.69) is 20.3 Å². The minimum absolute atomic E-state index is 0.165. The number of carbonyl (C=O) groups excluding carboxylic acids is 2. The second-order valence-electron chi connectivity index (χ2n) is 15.0. The Kier molecular flexibility index (Phi) is 13.3. The van der Waals surface area contributed by atoms with Crippen molar-refractivity contribution in [1.82, 2.24) is 10.0 Å². The highest BCUT2D eigenvalue weighted by Crippen LogP contribution is 2.46. The number of unbranched alkanes of at least 4 members (excludes halogenated alkanes) is 1. The molecule has 0 bridgehead atoms. The molecule has 1 spiro atoms. The summed E-state index contributed by atoms with van der Waals surface area (Å²) in [7, 11) is -4.43. The quantitative estimate of drug-likeness (QED) is 0.0597. The van der Waals surface area contributed by atoms with E-state index in [1.165, 1.54) is 37.8 Å². The summed E-state index contributed by atoms with van der Waals surface area (Å²) >= 11 is 1.59. The Balaban J connectivity index is 1.21. The number of carbonyl (C=O) groups is 2. The van der Waals surface area contributed by atoms with Gasteiger partial charge in [0, 0.05) is 53.6 Å². The standard InChI is InChI=1S/C39H51N5O7S2/c1-38(2,3)51-37(46)40-24-10-7-11-30(28-52-32-12-5-4-6-13-32)41-34-19-18-33(27-35(34)44(47)48)53(49,50)42-36(45)29-14-16-31(17-15-29)43-25-22-39(23-26-43)20-8-9-21-39/h4-6,12-19,27,30,41H,7-11,20-26,28H2,1-3H3,(H,40,46)(H,42,45)/t30-/m1/s1. The van der Waals surface area contributed by atoms with Crippen molar-refractivity contribution in [2.24, 2.45) is 5.41 Å². The maximum atomic E-state index is 13.3. The van der Waals surface area contributed by atoms with Gasteiger partial charge in [-0.05, 0) is 120 Å². The number of rotatable bonds is 15. The van der Waals surface area contributed by atoms with Crippen LogP contribution in [0.4, 0.5) is 21.9 Å². The van der Waals surface area contributed by atoms with E-state index in [1.54, 1.807) is 44.7 Å². The summed E-state index contributed by atoms with van der Waals surface area (Å²) in [6.07, 6.45) is 9.07. The molecule has 1 atom stereocenters. The summed E-state index contributed by atoms with van der Waals surface area (Å²) in [5, 5.41) is 18.2. The van der Waals surface area contributed by atoms with Crippen LogP contribution in [0.5, 0.6) is 0 Å². The number of alkyl carbamates (subject to hydrolysis) is 1. The Labute approximate surface area is 317 Å². The topological polar surface area (TPSA) is 160 Å². The lowest BCUT2D eigenvalue weighted by atomic mass is 9.77. The Morgan fingerprint density at radius 1 is 0.962 bits per heavy atom. The van der Waals surface area contributed by atoms with Crippen LogP contribution in [0.25, 0.3) is 0 Å². The Morgan fingerprint density at radius 2 is 1.64 bits per heavy atom. The van der Waals surface area contributed by atoms with Crippen LogP contribution < -0.4 is 20.3 Å². The number of hydrogen-bond donors (Lipinski definition) is 3. The highest BCUT2D eigenvalue weighted by atomic mass is 32.2. The van der Waals surface area contributed by atoms with Crippen LogP contribution >= 0.6 is 11.8 Å². The van der Waals surface area contributed by atoms with Gasteiger partial charge in [0.15, 0.2) is 0 Å². The summed E-state index contributed by atoms with van der Waals surface area (Å²) in [5.41, 5.74) is 0.801. The SMILES string of the molecule is CC(C)(C)OC(=O)NCCCC[C@H](CSc1ccccc1)Nc1ccc(S(=O)(=O)NC(=O)c2ccc(N3CCC4(CCCC4)CC3)cc2)cc1[N+](=O)[O-]. The van der Waals surface area contributed by atoms with E-state index in [4.69, 9.17) is 4.74 Å². The molecule has 12 nitrogen and oxygen atoms in total. The molecule has 0 radical (unpaired) electrons. The molecule has 1 aliphatic heterocycles. The van der Waals surface area contributed by atoms with Gasteiger partial charge < -0.3 is 20.3 Å². The third-order valence-corrected chi connectivity index (χ3v) is 12.4. The smallest absolute Gasteiger partial charge is 0.407 e. The summed E-state index contributed by atoms with van der Waals surface area (Å²) in [5.74, 6) is -0.238. The first kappa shape index (κ1) is 39.9. The van der Waals surface area contributed by atoms with E-state index in [0.717, 1.165) is 42.6 Å². The highest BCUT2D eigenvalue weighted by molar-refractivity contribution is 7.99. The number of thioether (sulfide) groups is 1. The van der Waals surface area contributed by atoms with Crippen molar-refractivity contribution in [3.05, 3.63) is 88.5 Å². The van der Waals surface area contributed by atoms with Crippen molar-refractivity contribution in [3.63, 3.8) is 0 Å². The van der Waals surface area contributed by atoms with Crippen LogP contribution in [-0.4, -0.2) is 62.4 Å². The first-order chi connectivity index (χ1) is 25.2. The number of benzene rings is 3. The fraction of sp³-hybridized carbons (Fsp3) is 0.487. The summed E-state index contributed by atoms with van der Waals surface area (Å²) in [4.78, 5) is 39.6. The molecule has 5 rings (SSSR count). The number of piperidine rings is 1. The van der Waals surface area contributed by atoms with Gasteiger partial charge in [-0.15, -0.1) is 11.8 Å². The number of nitrogens with one attached hydrogen (secondary N) is 3. The van der Waals surface area contributed by atoms with Gasteiger partial charge in [-0.3, -0.25) is 14.9 Å². The highest BCUT2D eigenvalue weighted by Gasteiger charge is 2.37. The summed E-state index contributed by atoms with van der Waals surface area (Å²) in [6.45, 7) is 7.72. The molecule has 2 aliphatic rings. The zero-order valence-corrected chi connectivity index (χ0v) is 32.4. The second kappa shape index (κ2) is 17.7. The first-order valence-electron chi connectivity index (χ1n) is 18.3. The Morgan fingerprint density at radius 3 is 2.28 bits per heavy atom. The average molecular weight is 766 g/mol. The van der Waals surface area contributed by atoms with Crippen molar-refractivity contribution in [2.75, 3.05) is 35.6 Å². The monoisotopic (exact) mass is 765 g/mol. The van der Waals surface area contributed by atoms with Gasteiger partial charge in [0.1, 0.15) is 11.3 Å². The number of ether oxygens (including phenoxy) is 1. The molecule has 3 aromatic carbocycles. The van der Waals surface area contributed by atoms with Crippen molar-refractivity contribution >= 4 is 50.8 Å². The predicted molar refractivity (Wildman–Crippen MR) is 209 cm³/mol. The molecule has 53 heavy (non-hydrogen) atoms. The van der Waals surface area contributed by atoms with Crippen molar-refractivity contribution < 1.29 is 27.7 Å². The van der Waals surface area contributed by atoms with Gasteiger partial charge in [-0.1, -0.05) is 31.0 Å². The van der Waals surface area contributed by atoms with Gasteiger partial charge in [-0.2, -0.15) is 0 Å². The van der Waals surface area contributed by atoms with Gasteiger partial charge in [-0.25, -0.2) is 17.9 Å². The first-order valence-corrected chi connectivity index (χ1v) is 20.8. The predicted octanol–water partition coefficient (Wildman–Crippen LogP) is 8.14. The van der Waals surface area contributed by atoms with E-state index in [0.29, 0.717) is 37.0 Å². The largest absolute Gasteiger partial charge is 0.444 e. The zero-order valence-electron chi connectivity index (χ0n) is 30.8. The molecule has 3 N–H and O–H groups in total. The number of anilines is 2. The maximum absolute atomic E-state index is 13.3. The summed E-state index contributed by atoms with van der Waals surface area (Å²) in [6, 6.07) is 20.0. The summed E-state index contributed by atoms with van der Waals surface area (Å²) < 4.78 is 34.0. The van der Waals surface area contributed by atoms with Crippen LogP contribution in [0, 0.1) is 15.5 Å². The Hall–Kier alpha value is -4.30. The van der Waals surface area contributed by atoms with Crippen LogP contribution in [0.2, 0.25) is 0 Å². The van der Waals surface area contributed by atoms with Crippen molar-refractivity contribution in [3.8, 4) is 0 Å². The molecule has 1 heterocycles. The minimum Gasteiger partial charge on any atom is -0.444 e. The molecule has 14 heteroatoms. The lowest BCUT2D eigenvalue weighted by molar-refractivity contribution is -0.384. The normalized spacial score (nSPS) is 16.2. The van der Waals surface area contributed by atoms with E-state index in [9.17, 15) is 28.1 Å². The number of nitro groups is 1. The number of sulfonamides is 1. The van der Waals surface area contributed by atoms with E-state index >= 15 is 0 Å². The van der Waals surface area contributed by atoms with Crippen LogP contribution in [0.15, 0.2) is 82.6 Å². The van der Waals surface area contributed by atoms with Crippen molar-refractivity contribution in [1.29, 1.82) is 0 Å². The van der Waals surface area contributed by atoms with Gasteiger partial charge in [0.25, 0.3) is 21.6 Å². The molecular formula is C39H51N5O7S2. The molecule has 1 saturated carbocycles. The lowest BCUT2D eigenvalue weighted by Crippen LogP contribution is -2.38. The third-order valence-electron chi connectivity index (χ3n) is 9.89. The minimum atomic E-state index is -4.43. The number of nitro benzene ring substituents is 1. The lowest BCUT2D eigenvalue weighted by Gasteiger charge is -2.40. The van der Waals surface area contributed by atoms with Gasteiger partial charge >= 0.3 is 6.09 Å². The molecule has 286 valence electrons. The molecule has 1 aliphatic carbocycles. The number of amides is 2. The molecular weight excluding hydrogens is 715 g/mol. The molecule has 3 aromatic rings. The zero-order chi connectivity index (χ0) is 38.1. The molecule has 1 saturated heterocycles. The van der Waals surface area contributed by atoms with E-state index < -0.39 is 43.1 Å². The van der Waals surface area contributed by atoms with E-state index in [1.807, 2.05) is 42.5 Å². The van der Waals surface area contributed by atoms with Crippen LogP contribution in [0.1, 0.15) is 88.9 Å². The van der Waals surface area contributed by atoms with E-state index in [-0.39, 0.29) is 17.3 Å². The third kappa shape index (κ3) is 11.6.